The molecule has 1 aromatic heterocycles. The van der Waals surface area contributed by atoms with Crippen molar-refractivity contribution in [2.24, 2.45) is 0 Å². The van der Waals surface area contributed by atoms with Gasteiger partial charge in [0, 0.05) is 18.8 Å². The van der Waals surface area contributed by atoms with Crippen LogP contribution in [-0.2, 0) is 10.8 Å². The zero-order valence-corrected chi connectivity index (χ0v) is 16.4. The van der Waals surface area contributed by atoms with Crippen LogP contribution in [0, 0.1) is 0 Å². The molecule has 0 fully saturated rings. The molecule has 0 atom stereocenters. The third-order valence-electron chi connectivity index (χ3n) is 4.59. The summed E-state index contributed by atoms with van der Waals surface area (Å²) in [7, 11) is -1.69. The molecule has 1 aromatic carbocycles. The molecule has 2 rings (SSSR count). The first-order valence-corrected chi connectivity index (χ1v) is 11.3. The molecule has 0 bridgehead atoms. The van der Waals surface area contributed by atoms with Gasteiger partial charge in [-0.1, -0.05) is 57.2 Å². The third kappa shape index (κ3) is 5.39. The Labute approximate surface area is 147 Å². The lowest BCUT2D eigenvalue weighted by atomic mass is 10.1. The Kier molecular flexibility index (Phi) is 6.08. The second kappa shape index (κ2) is 7.86. The summed E-state index contributed by atoms with van der Waals surface area (Å²) in [6.07, 6.45) is 8.59. The number of rotatable bonds is 6. The summed E-state index contributed by atoms with van der Waals surface area (Å²) < 4.78 is 6.11. The Morgan fingerprint density at radius 2 is 1.62 bits per heavy atom. The van der Waals surface area contributed by atoms with Crippen LogP contribution in [0.2, 0.25) is 18.1 Å². The van der Waals surface area contributed by atoms with E-state index in [4.69, 9.17) is 4.43 Å². The lowest BCUT2D eigenvalue weighted by Gasteiger charge is -2.35. The molecule has 0 N–H and O–H groups in total. The molecule has 0 unspecified atom stereocenters. The molecule has 0 saturated heterocycles. The van der Waals surface area contributed by atoms with Crippen molar-refractivity contribution < 1.29 is 4.43 Å². The summed E-state index contributed by atoms with van der Waals surface area (Å²) in [6, 6.07) is 10.4. The zero-order chi connectivity index (χ0) is 17.6. The average Bonchev–Trinajstić information content (AvgIpc) is 2.53. The van der Waals surface area contributed by atoms with Crippen LogP contribution < -0.4 is 0 Å². The van der Waals surface area contributed by atoms with E-state index in [1.807, 2.05) is 30.6 Å². The normalized spacial score (nSPS) is 12.7. The van der Waals surface area contributed by atoms with E-state index in [0.717, 1.165) is 17.8 Å². The zero-order valence-electron chi connectivity index (χ0n) is 15.4. The fourth-order valence-corrected chi connectivity index (χ4v) is 2.95. The summed E-state index contributed by atoms with van der Waals surface area (Å²) in [5, 5.41) is 0.233. The molecular formula is C20H28N2OSi. The first-order chi connectivity index (χ1) is 11.3. The molecule has 0 spiro atoms. The molecule has 0 aliphatic heterocycles. The maximum Gasteiger partial charge on any atom is 0.192 e. The molecule has 1 heterocycles. The molecule has 0 aliphatic carbocycles. The number of benzene rings is 1. The van der Waals surface area contributed by atoms with Gasteiger partial charge in [0.25, 0.3) is 0 Å². The second-order valence-corrected chi connectivity index (χ2v) is 12.4. The smallest absolute Gasteiger partial charge is 0.192 e. The van der Waals surface area contributed by atoms with Gasteiger partial charge in [0.05, 0.1) is 6.61 Å². The predicted octanol–water partition coefficient (Wildman–Crippen LogP) is 5.10. The van der Waals surface area contributed by atoms with Crippen molar-refractivity contribution in [3.8, 4) is 0 Å². The highest BCUT2D eigenvalue weighted by Gasteiger charge is 2.36. The minimum atomic E-state index is -1.69. The summed E-state index contributed by atoms with van der Waals surface area (Å²) in [5.74, 6) is 0.727. The molecule has 4 heteroatoms. The van der Waals surface area contributed by atoms with Crippen LogP contribution in [0.4, 0.5) is 0 Å². The molecule has 3 nitrogen and oxygen atoms in total. The summed E-state index contributed by atoms with van der Waals surface area (Å²) in [4.78, 5) is 8.83. The monoisotopic (exact) mass is 340 g/mol. The van der Waals surface area contributed by atoms with Crippen LogP contribution >= 0.6 is 0 Å². The largest absolute Gasteiger partial charge is 0.413 e. The number of hydrogen-bond donors (Lipinski definition) is 0. The minimum absolute atomic E-state index is 0.233. The van der Waals surface area contributed by atoms with Gasteiger partial charge in [-0.3, -0.25) is 0 Å². The van der Waals surface area contributed by atoms with Crippen LogP contribution in [0.25, 0.3) is 6.08 Å². The summed E-state index contributed by atoms with van der Waals surface area (Å²) in [5.41, 5.74) is 2.39. The van der Waals surface area contributed by atoms with E-state index < -0.39 is 8.32 Å². The van der Waals surface area contributed by atoms with Crippen LogP contribution in [0.5, 0.6) is 0 Å². The number of aromatic nitrogens is 2. The topological polar surface area (TPSA) is 35.0 Å². The van der Waals surface area contributed by atoms with E-state index in [2.05, 4.69) is 68.1 Å². The van der Waals surface area contributed by atoms with E-state index >= 15 is 0 Å². The highest BCUT2D eigenvalue weighted by atomic mass is 28.4. The van der Waals surface area contributed by atoms with Gasteiger partial charge >= 0.3 is 0 Å². The first-order valence-electron chi connectivity index (χ1n) is 8.43. The van der Waals surface area contributed by atoms with Gasteiger partial charge in [0.2, 0.25) is 0 Å². The van der Waals surface area contributed by atoms with Gasteiger partial charge in [0.15, 0.2) is 14.1 Å². The van der Waals surface area contributed by atoms with Crippen molar-refractivity contribution in [2.75, 3.05) is 6.61 Å². The SMILES string of the molecule is CC(C)(C)[Si](C)(C)OCC=Cc1ncc(Cc2ccccc2)cn1. The van der Waals surface area contributed by atoms with Gasteiger partial charge in [-0.25, -0.2) is 9.97 Å². The van der Waals surface area contributed by atoms with E-state index in [1.165, 1.54) is 5.56 Å². The summed E-state index contributed by atoms with van der Waals surface area (Å²) in [6.45, 7) is 11.9. The molecule has 0 saturated carbocycles. The molecule has 0 radical (unpaired) electrons. The van der Waals surface area contributed by atoms with Crippen molar-refractivity contribution in [1.82, 2.24) is 9.97 Å². The van der Waals surface area contributed by atoms with Crippen LogP contribution in [-0.4, -0.2) is 24.9 Å². The molecule has 0 amide bonds. The quantitative estimate of drug-likeness (QED) is 0.686. The Morgan fingerprint density at radius 3 is 2.21 bits per heavy atom. The van der Waals surface area contributed by atoms with E-state index in [-0.39, 0.29) is 5.04 Å². The van der Waals surface area contributed by atoms with E-state index in [0.29, 0.717) is 6.61 Å². The predicted molar refractivity (Wildman–Crippen MR) is 103 cm³/mol. The Hall–Kier alpha value is -1.78. The van der Waals surface area contributed by atoms with Crippen LogP contribution in [0.3, 0.4) is 0 Å². The standard InChI is InChI=1S/C20H28N2OSi/c1-20(2,3)24(4,5)23-13-9-12-19-21-15-18(16-22-19)14-17-10-7-6-8-11-17/h6-12,15-16H,13-14H2,1-5H3. The fourth-order valence-electron chi connectivity index (χ4n) is 2.00. The van der Waals surface area contributed by atoms with Crippen molar-refractivity contribution >= 4 is 14.4 Å². The van der Waals surface area contributed by atoms with Crippen molar-refractivity contribution in [3.05, 3.63) is 65.8 Å². The second-order valence-electron chi connectivity index (χ2n) is 7.59. The van der Waals surface area contributed by atoms with Gasteiger partial charge in [-0.2, -0.15) is 0 Å². The van der Waals surface area contributed by atoms with Crippen molar-refractivity contribution in [3.63, 3.8) is 0 Å². The molecule has 128 valence electrons. The van der Waals surface area contributed by atoms with Gasteiger partial charge in [-0.15, -0.1) is 0 Å². The minimum Gasteiger partial charge on any atom is -0.413 e. The summed E-state index contributed by atoms with van der Waals surface area (Å²) >= 11 is 0. The number of nitrogens with zero attached hydrogens (tertiary/aromatic N) is 2. The maximum absolute atomic E-state index is 6.11. The van der Waals surface area contributed by atoms with Gasteiger partial charge in [-0.05, 0) is 35.3 Å². The lowest BCUT2D eigenvalue weighted by Crippen LogP contribution is -2.40. The van der Waals surface area contributed by atoms with Crippen molar-refractivity contribution in [2.45, 2.75) is 45.3 Å². The van der Waals surface area contributed by atoms with Crippen LogP contribution in [0.1, 0.15) is 37.7 Å². The molecular weight excluding hydrogens is 312 g/mol. The highest BCUT2D eigenvalue weighted by molar-refractivity contribution is 6.74. The fraction of sp³-hybridized carbons (Fsp3) is 0.400. The molecule has 24 heavy (non-hydrogen) atoms. The van der Waals surface area contributed by atoms with Gasteiger partial charge in [0.1, 0.15) is 0 Å². The third-order valence-corrected chi connectivity index (χ3v) is 9.09. The average molecular weight is 341 g/mol. The van der Waals surface area contributed by atoms with Crippen LogP contribution in [0.15, 0.2) is 48.8 Å². The molecule has 2 aromatic rings. The maximum atomic E-state index is 6.11. The van der Waals surface area contributed by atoms with Crippen molar-refractivity contribution in [1.29, 1.82) is 0 Å². The Bertz CT molecular complexity index is 658. The highest BCUT2D eigenvalue weighted by Crippen LogP contribution is 2.36. The first kappa shape index (κ1) is 18.6. The van der Waals surface area contributed by atoms with Gasteiger partial charge < -0.3 is 4.43 Å². The molecule has 0 aliphatic rings. The lowest BCUT2D eigenvalue weighted by molar-refractivity contribution is 0.328. The Balaban J connectivity index is 1.88. The van der Waals surface area contributed by atoms with E-state index in [9.17, 15) is 0 Å². The van der Waals surface area contributed by atoms with E-state index in [1.54, 1.807) is 0 Å². The Morgan fingerprint density at radius 1 is 1.00 bits per heavy atom. The number of hydrogen-bond acceptors (Lipinski definition) is 3.